The van der Waals surface area contributed by atoms with Crippen LogP contribution in [0.15, 0.2) is 11.8 Å². The third-order valence-electron chi connectivity index (χ3n) is 2.84. The van der Waals surface area contributed by atoms with E-state index in [1.165, 1.54) is 44.3 Å². The van der Waals surface area contributed by atoms with Crippen LogP contribution < -0.4 is 0 Å². The summed E-state index contributed by atoms with van der Waals surface area (Å²) in [6.45, 7) is 9.08. The Balaban J connectivity index is 2.37. The molecule has 0 amide bonds. The number of rotatable bonds is 5. The van der Waals surface area contributed by atoms with E-state index in [2.05, 4.69) is 32.6 Å². The second-order valence-corrected chi connectivity index (χ2v) is 10.1. The van der Waals surface area contributed by atoms with Crippen LogP contribution in [-0.4, -0.2) is 8.32 Å². The third-order valence-corrected chi connectivity index (χ3v) is 3.71. The summed E-state index contributed by atoms with van der Waals surface area (Å²) in [5, 5.41) is 0. The number of hydrogen-bond donors (Lipinski definition) is 0. The van der Waals surface area contributed by atoms with Crippen molar-refractivity contribution in [3.05, 3.63) is 11.8 Å². The van der Waals surface area contributed by atoms with Crippen LogP contribution in [0.1, 0.15) is 45.4 Å². The van der Waals surface area contributed by atoms with Crippen LogP contribution in [0, 0.1) is 5.92 Å². The van der Waals surface area contributed by atoms with Gasteiger partial charge in [-0.3, -0.25) is 0 Å². The molecular weight excluding hydrogens is 200 g/mol. The van der Waals surface area contributed by atoms with Crippen molar-refractivity contribution in [1.82, 2.24) is 0 Å². The second kappa shape index (κ2) is 5.74. The normalized spacial score (nSPS) is 22.4. The molecule has 2 heteroatoms. The van der Waals surface area contributed by atoms with E-state index in [-0.39, 0.29) is 0 Å². The van der Waals surface area contributed by atoms with Crippen molar-refractivity contribution in [2.24, 2.45) is 5.92 Å². The van der Waals surface area contributed by atoms with Gasteiger partial charge >= 0.3 is 0 Å². The monoisotopic (exact) mass is 226 g/mol. The van der Waals surface area contributed by atoms with Gasteiger partial charge in [-0.1, -0.05) is 26.2 Å². The van der Waals surface area contributed by atoms with E-state index in [1.54, 1.807) is 0 Å². The lowest BCUT2D eigenvalue weighted by Crippen LogP contribution is -2.26. The Labute approximate surface area is 96.0 Å². The van der Waals surface area contributed by atoms with Crippen molar-refractivity contribution in [3.8, 4) is 0 Å². The molecule has 0 radical (unpaired) electrons. The van der Waals surface area contributed by atoms with Gasteiger partial charge in [0.05, 0.1) is 5.76 Å². The summed E-state index contributed by atoms with van der Waals surface area (Å²) in [4.78, 5) is 0. The predicted molar refractivity (Wildman–Crippen MR) is 69.4 cm³/mol. The Hall–Kier alpha value is -0.243. The molecule has 1 nitrogen and oxygen atoms in total. The van der Waals surface area contributed by atoms with Crippen molar-refractivity contribution in [3.63, 3.8) is 0 Å². The SMILES string of the molecule is CCCCC1CCC=C(O[Si](C)(C)C)C1. The average molecular weight is 226 g/mol. The minimum absolute atomic E-state index is 0.890. The van der Waals surface area contributed by atoms with Gasteiger partial charge < -0.3 is 4.43 Å². The molecule has 0 bridgehead atoms. The molecule has 0 N–H and O–H groups in total. The van der Waals surface area contributed by atoms with Crippen LogP contribution in [-0.2, 0) is 4.43 Å². The van der Waals surface area contributed by atoms with Crippen molar-refractivity contribution in [2.75, 3.05) is 0 Å². The van der Waals surface area contributed by atoms with E-state index in [9.17, 15) is 0 Å². The summed E-state index contributed by atoms with van der Waals surface area (Å²) in [5.74, 6) is 2.18. The highest BCUT2D eigenvalue weighted by Gasteiger charge is 2.22. The molecule has 0 saturated heterocycles. The molecule has 1 aliphatic carbocycles. The molecule has 0 aromatic heterocycles. The summed E-state index contributed by atoms with van der Waals surface area (Å²) < 4.78 is 6.09. The van der Waals surface area contributed by atoms with Gasteiger partial charge in [0, 0.05) is 6.42 Å². The smallest absolute Gasteiger partial charge is 0.241 e. The maximum Gasteiger partial charge on any atom is 0.241 e. The van der Waals surface area contributed by atoms with Crippen LogP contribution in [0.5, 0.6) is 0 Å². The highest BCUT2D eigenvalue weighted by molar-refractivity contribution is 6.70. The van der Waals surface area contributed by atoms with Gasteiger partial charge in [0.1, 0.15) is 0 Å². The van der Waals surface area contributed by atoms with Crippen LogP contribution in [0.3, 0.4) is 0 Å². The number of hydrogen-bond acceptors (Lipinski definition) is 1. The second-order valence-electron chi connectivity index (χ2n) is 5.67. The summed E-state index contributed by atoms with van der Waals surface area (Å²) in [7, 11) is -1.37. The molecule has 1 rings (SSSR count). The number of unbranched alkanes of at least 4 members (excludes halogenated alkanes) is 1. The standard InChI is InChI=1S/C13H26OSi/c1-5-6-8-12-9-7-10-13(11-12)14-15(2,3)4/h10,12H,5-9,11H2,1-4H3. The molecule has 0 heterocycles. The third kappa shape index (κ3) is 5.40. The fraction of sp³-hybridized carbons (Fsp3) is 0.846. The van der Waals surface area contributed by atoms with Gasteiger partial charge in [-0.2, -0.15) is 0 Å². The fourth-order valence-electron chi connectivity index (χ4n) is 2.17. The highest BCUT2D eigenvalue weighted by Crippen LogP contribution is 2.30. The molecule has 1 atom stereocenters. The van der Waals surface area contributed by atoms with Crippen LogP contribution in [0.4, 0.5) is 0 Å². The molecule has 1 unspecified atom stereocenters. The molecule has 0 saturated carbocycles. The first-order valence-electron chi connectivity index (χ1n) is 6.39. The Morgan fingerprint density at radius 2 is 2.13 bits per heavy atom. The molecule has 0 spiro atoms. The zero-order chi connectivity index (χ0) is 11.3. The van der Waals surface area contributed by atoms with E-state index >= 15 is 0 Å². The van der Waals surface area contributed by atoms with Crippen molar-refractivity contribution in [2.45, 2.75) is 65.1 Å². The molecule has 1 aliphatic rings. The topological polar surface area (TPSA) is 9.23 Å². The summed E-state index contributed by atoms with van der Waals surface area (Å²) in [5.41, 5.74) is 0. The van der Waals surface area contributed by atoms with E-state index in [0.717, 1.165) is 5.92 Å². The fourth-order valence-corrected chi connectivity index (χ4v) is 3.12. The predicted octanol–water partition coefficient (Wildman–Crippen LogP) is 4.71. The first-order chi connectivity index (χ1) is 7.01. The Morgan fingerprint density at radius 3 is 2.73 bits per heavy atom. The van der Waals surface area contributed by atoms with Gasteiger partial charge in [0.25, 0.3) is 0 Å². The summed E-state index contributed by atoms with van der Waals surface area (Å²) in [6.07, 6.45) is 10.2. The Morgan fingerprint density at radius 1 is 1.40 bits per heavy atom. The first kappa shape index (κ1) is 12.8. The van der Waals surface area contributed by atoms with E-state index < -0.39 is 8.32 Å². The summed E-state index contributed by atoms with van der Waals surface area (Å²) in [6, 6.07) is 0. The minimum atomic E-state index is -1.37. The van der Waals surface area contributed by atoms with Gasteiger partial charge in [-0.15, -0.1) is 0 Å². The van der Waals surface area contributed by atoms with E-state index in [1.807, 2.05) is 0 Å². The van der Waals surface area contributed by atoms with Crippen molar-refractivity contribution < 1.29 is 4.43 Å². The lowest BCUT2D eigenvalue weighted by molar-refractivity contribution is 0.316. The van der Waals surface area contributed by atoms with Crippen molar-refractivity contribution in [1.29, 1.82) is 0 Å². The number of allylic oxidation sites excluding steroid dienone is 2. The lowest BCUT2D eigenvalue weighted by atomic mass is 9.89. The largest absolute Gasteiger partial charge is 0.548 e. The maximum atomic E-state index is 6.09. The minimum Gasteiger partial charge on any atom is -0.548 e. The molecular formula is C13H26OSi. The zero-order valence-corrected chi connectivity index (χ0v) is 11.8. The highest BCUT2D eigenvalue weighted by atomic mass is 28.4. The van der Waals surface area contributed by atoms with E-state index in [0.29, 0.717) is 0 Å². The van der Waals surface area contributed by atoms with Gasteiger partial charge in [-0.05, 0) is 44.5 Å². The average Bonchev–Trinajstić information content (AvgIpc) is 2.12. The molecule has 0 aliphatic heterocycles. The molecule has 15 heavy (non-hydrogen) atoms. The molecule has 0 aromatic rings. The molecule has 88 valence electrons. The van der Waals surface area contributed by atoms with Crippen LogP contribution in [0.2, 0.25) is 19.6 Å². The quantitative estimate of drug-likeness (QED) is 0.617. The van der Waals surface area contributed by atoms with Gasteiger partial charge in [-0.25, -0.2) is 0 Å². The Kier molecular flexibility index (Phi) is 4.90. The van der Waals surface area contributed by atoms with Crippen LogP contribution >= 0.6 is 0 Å². The van der Waals surface area contributed by atoms with Crippen LogP contribution in [0.25, 0.3) is 0 Å². The first-order valence-corrected chi connectivity index (χ1v) is 9.80. The van der Waals surface area contributed by atoms with Gasteiger partial charge in [0.2, 0.25) is 8.32 Å². The van der Waals surface area contributed by atoms with Crippen molar-refractivity contribution >= 4 is 8.32 Å². The Bertz CT molecular complexity index is 215. The zero-order valence-electron chi connectivity index (χ0n) is 10.8. The molecule has 0 fully saturated rings. The maximum absolute atomic E-state index is 6.09. The van der Waals surface area contributed by atoms with E-state index in [4.69, 9.17) is 4.43 Å². The lowest BCUT2D eigenvalue weighted by Gasteiger charge is -2.28. The van der Waals surface area contributed by atoms with Gasteiger partial charge in [0.15, 0.2) is 0 Å². The summed E-state index contributed by atoms with van der Waals surface area (Å²) >= 11 is 0. The molecule has 0 aromatic carbocycles.